The molecule has 16 heavy (non-hydrogen) atoms. The van der Waals surface area contributed by atoms with Gasteiger partial charge in [-0.15, -0.1) is 0 Å². The summed E-state index contributed by atoms with van der Waals surface area (Å²) in [7, 11) is 0. The van der Waals surface area contributed by atoms with Crippen LogP contribution in [-0.2, 0) is 0 Å². The SMILES string of the molecule is Cc1ccccc1OCC(C)(C)C(C)(C)C. The number of benzene rings is 1. The van der Waals surface area contributed by atoms with E-state index in [4.69, 9.17) is 4.74 Å². The van der Waals surface area contributed by atoms with Crippen LogP contribution in [0.3, 0.4) is 0 Å². The molecule has 0 aliphatic heterocycles. The zero-order valence-electron chi connectivity index (χ0n) is 11.4. The Morgan fingerprint density at radius 2 is 1.56 bits per heavy atom. The van der Waals surface area contributed by atoms with Crippen LogP contribution in [-0.4, -0.2) is 6.61 Å². The molecule has 0 unspecified atom stereocenters. The second kappa shape index (κ2) is 4.48. The van der Waals surface area contributed by atoms with E-state index in [1.165, 1.54) is 5.56 Å². The fourth-order valence-electron chi connectivity index (χ4n) is 1.19. The van der Waals surface area contributed by atoms with Gasteiger partial charge < -0.3 is 4.74 Å². The molecule has 0 atom stereocenters. The highest BCUT2D eigenvalue weighted by molar-refractivity contribution is 5.31. The van der Waals surface area contributed by atoms with Gasteiger partial charge in [-0.25, -0.2) is 0 Å². The summed E-state index contributed by atoms with van der Waals surface area (Å²) in [4.78, 5) is 0. The molecule has 0 fully saturated rings. The third kappa shape index (κ3) is 3.01. The first-order valence-corrected chi connectivity index (χ1v) is 5.92. The van der Waals surface area contributed by atoms with Crippen molar-refractivity contribution in [2.24, 2.45) is 10.8 Å². The van der Waals surface area contributed by atoms with E-state index in [2.05, 4.69) is 47.6 Å². The van der Waals surface area contributed by atoms with Gasteiger partial charge in [0.2, 0.25) is 0 Å². The Bertz CT molecular complexity index is 345. The first kappa shape index (κ1) is 13.1. The summed E-state index contributed by atoms with van der Waals surface area (Å²) < 4.78 is 5.93. The smallest absolute Gasteiger partial charge is 0.122 e. The van der Waals surface area contributed by atoms with Crippen molar-refractivity contribution in [3.8, 4) is 5.75 Å². The molecule has 0 N–H and O–H groups in total. The molecule has 0 aliphatic rings. The highest BCUT2D eigenvalue weighted by atomic mass is 16.5. The summed E-state index contributed by atoms with van der Waals surface area (Å²) in [5, 5.41) is 0. The predicted molar refractivity (Wildman–Crippen MR) is 69.9 cm³/mol. The molecule has 1 aromatic rings. The minimum Gasteiger partial charge on any atom is -0.493 e. The summed E-state index contributed by atoms with van der Waals surface area (Å²) >= 11 is 0. The van der Waals surface area contributed by atoms with Crippen LogP contribution in [0.25, 0.3) is 0 Å². The van der Waals surface area contributed by atoms with E-state index in [0.717, 1.165) is 12.4 Å². The molecular formula is C15H24O. The average molecular weight is 220 g/mol. The quantitative estimate of drug-likeness (QED) is 0.731. The maximum absolute atomic E-state index is 5.93. The van der Waals surface area contributed by atoms with Gasteiger partial charge in [-0.1, -0.05) is 52.8 Å². The molecule has 0 radical (unpaired) electrons. The first-order chi connectivity index (χ1) is 7.24. The van der Waals surface area contributed by atoms with E-state index in [9.17, 15) is 0 Å². The second-order valence-electron chi connectivity index (χ2n) is 6.19. The molecule has 0 bridgehead atoms. The largest absolute Gasteiger partial charge is 0.493 e. The number of aryl methyl sites for hydroxylation is 1. The topological polar surface area (TPSA) is 9.23 Å². The van der Waals surface area contributed by atoms with Gasteiger partial charge in [0, 0.05) is 5.41 Å². The molecule has 0 heterocycles. The van der Waals surface area contributed by atoms with Crippen LogP contribution in [0.15, 0.2) is 24.3 Å². The van der Waals surface area contributed by atoms with E-state index < -0.39 is 0 Å². The third-order valence-corrected chi connectivity index (χ3v) is 3.71. The Morgan fingerprint density at radius 3 is 2.06 bits per heavy atom. The van der Waals surface area contributed by atoms with Gasteiger partial charge in [0.05, 0.1) is 6.61 Å². The monoisotopic (exact) mass is 220 g/mol. The van der Waals surface area contributed by atoms with Crippen LogP contribution in [0.1, 0.15) is 40.2 Å². The van der Waals surface area contributed by atoms with Gasteiger partial charge in [-0.2, -0.15) is 0 Å². The van der Waals surface area contributed by atoms with Crippen LogP contribution < -0.4 is 4.74 Å². The molecule has 0 aliphatic carbocycles. The fourth-order valence-corrected chi connectivity index (χ4v) is 1.19. The number of para-hydroxylation sites is 1. The maximum Gasteiger partial charge on any atom is 0.122 e. The molecule has 1 rings (SSSR count). The normalized spacial score (nSPS) is 12.6. The summed E-state index contributed by atoms with van der Waals surface area (Å²) in [5.41, 5.74) is 1.61. The van der Waals surface area contributed by atoms with Gasteiger partial charge in [0.1, 0.15) is 5.75 Å². The molecular weight excluding hydrogens is 196 g/mol. The number of ether oxygens (including phenoxy) is 1. The highest BCUT2D eigenvalue weighted by Crippen LogP contribution is 2.38. The first-order valence-electron chi connectivity index (χ1n) is 5.92. The summed E-state index contributed by atoms with van der Waals surface area (Å²) in [5.74, 6) is 1.000. The molecule has 0 spiro atoms. The van der Waals surface area contributed by atoms with Crippen molar-refractivity contribution in [3.05, 3.63) is 29.8 Å². The maximum atomic E-state index is 5.93. The molecule has 1 nitrogen and oxygen atoms in total. The molecule has 1 heteroatoms. The lowest BCUT2D eigenvalue weighted by atomic mass is 9.70. The summed E-state index contributed by atoms with van der Waals surface area (Å²) in [6.07, 6.45) is 0. The van der Waals surface area contributed by atoms with Crippen LogP contribution in [0, 0.1) is 17.8 Å². The van der Waals surface area contributed by atoms with Crippen LogP contribution in [0.2, 0.25) is 0 Å². The molecule has 0 saturated heterocycles. The second-order valence-corrected chi connectivity index (χ2v) is 6.19. The van der Waals surface area contributed by atoms with E-state index in [0.29, 0.717) is 0 Å². The van der Waals surface area contributed by atoms with Crippen molar-refractivity contribution in [1.82, 2.24) is 0 Å². The Balaban J connectivity index is 2.69. The lowest BCUT2D eigenvalue weighted by molar-refractivity contribution is 0.0623. The molecule has 0 saturated carbocycles. The van der Waals surface area contributed by atoms with Crippen molar-refractivity contribution in [1.29, 1.82) is 0 Å². The van der Waals surface area contributed by atoms with Crippen LogP contribution in [0.4, 0.5) is 0 Å². The molecule has 1 aromatic carbocycles. The average Bonchev–Trinajstić information content (AvgIpc) is 2.15. The highest BCUT2D eigenvalue weighted by Gasteiger charge is 2.33. The summed E-state index contributed by atoms with van der Waals surface area (Å²) in [6.45, 7) is 14.1. The van der Waals surface area contributed by atoms with Crippen LogP contribution >= 0.6 is 0 Å². The van der Waals surface area contributed by atoms with Gasteiger partial charge in [-0.3, -0.25) is 0 Å². The molecule has 0 aromatic heterocycles. The summed E-state index contributed by atoms with van der Waals surface area (Å²) in [6, 6.07) is 8.18. The lowest BCUT2D eigenvalue weighted by Crippen LogP contribution is -2.35. The van der Waals surface area contributed by atoms with E-state index in [-0.39, 0.29) is 10.8 Å². The van der Waals surface area contributed by atoms with Crippen molar-refractivity contribution < 1.29 is 4.74 Å². The van der Waals surface area contributed by atoms with Gasteiger partial charge in [0.25, 0.3) is 0 Å². The number of hydrogen-bond donors (Lipinski definition) is 0. The zero-order chi connectivity index (χ0) is 12.4. The Labute approximate surface area is 99.8 Å². The van der Waals surface area contributed by atoms with E-state index in [1.807, 2.05) is 18.2 Å². The molecule has 0 amide bonds. The standard InChI is InChI=1S/C15H24O/c1-12-9-7-8-10-13(12)16-11-15(5,6)14(2,3)4/h7-10H,11H2,1-6H3. The van der Waals surface area contributed by atoms with Gasteiger partial charge in [0.15, 0.2) is 0 Å². The zero-order valence-corrected chi connectivity index (χ0v) is 11.4. The van der Waals surface area contributed by atoms with Gasteiger partial charge >= 0.3 is 0 Å². The lowest BCUT2D eigenvalue weighted by Gasteiger charge is -2.38. The van der Waals surface area contributed by atoms with Crippen molar-refractivity contribution in [2.75, 3.05) is 6.61 Å². The Hall–Kier alpha value is -0.980. The fraction of sp³-hybridized carbons (Fsp3) is 0.600. The Morgan fingerprint density at radius 1 is 1.00 bits per heavy atom. The molecule has 90 valence electrons. The third-order valence-electron chi connectivity index (χ3n) is 3.71. The van der Waals surface area contributed by atoms with Gasteiger partial charge in [-0.05, 0) is 24.0 Å². The van der Waals surface area contributed by atoms with Crippen LogP contribution in [0.5, 0.6) is 5.75 Å². The number of rotatable bonds is 3. The Kier molecular flexibility index (Phi) is 3.67. The van der Waals surface area contributed by atoms with E-state index >= 15 is 0 Å². The van der Waals surface area contributed by atoms with Crippen molar-refractivity contribution in [3.63, 3.8) is 0 Å². The van der Waals surface area contributed by atoms with Crippen molar-refractivity contribution >= 4 is 0 Å². The predicted octanol–water partition coefficient (Wildman–Crippen LogP) is 4.45. The minimum absolute atomic E-state index is 0.162. The van der Waals surface area contributed by atoms with E-state index in [1.54, 1.807) is 0 Å². The van der Waals surface area contributed by atoms with Crippen molar-refractivity contribution in [2.45, 2.75) is 41.5 Å². The minimum atomic E-state index is 0.162. The number of hydrogen-bond acceptors (Lipinski definition) is 1.